The van der Waals surface area contributed by atoms with Gasteiger partial charge in [0.05, 0.1) is 17.6 Å². The van der Waals surface area contributed by atoms with E-state index in [9.17, 15) is 8.42 Å². The van der Waals surface area contributed by atoms with E-state index >= 15 is 0 Å². The molecule has 0 aromatic carbocycles. The van der Waals surface area contributed by atoms with Crippen molar-refractivity contribution < 1.29 is 8.42 Å². The van der Waals surface area contributed by atoms with Gasteiger partial charge in [0.15, 0.2) is 0 Å². The van der Waals surface area contributed by atoms with Crippen LogP contribution in [-0.4, -0.2) is 25.7 Å². The Labute approximate surface area is 87.8 Å². The van der Waals surface area contributed by atoms with Crippen molar-refractivity contribution in [2.75, 3.05) is 17.6 Å². The first-order valence-electron chi connectivity index (χ1n) is 4.12. The van der Waals surface area contributed by atoms with Crippen molar-refractivity contribution in [3.8, 4) is 6.07 Å². The van der Waals surface area contributed by atoms with Gasteiger partial charge in [0.1, 0.15) is 11.8 Å². The summed E-state index contributed by atoms with van der Waals surface area (Å²) in [6.45, 7) is 0.215. The number of pyridine rings is 1. The van der Waals surface area contributed by atoms with Crippen LogP contribution < -0.4 is 10.5 Å². The summed E-state index contributed by atoms with van der Waals surface area (Å²) in [5.74, 6) is -0.146. The van der Waals surface area contributed by atoms with Gasteiger partial charge in [-0.15, -0.1) is 0 Å². The number of nitrogens with one attached hydrogen (secondary N) is 1. The maximum absolute atomic E-state index is 10.6. The van der Waals surface area contributed by atoms with Crippen molar-refractivity contribution in [3.05, 3.63) is 24.0 Å². The molecule has 0 aliphatic rings. The highest BCUT2D eigenvalue weighted by atomic mass is 32.2. The Bertz CT molecular complexity index is 460. The molecule has 0 saturated carbocycles. The maximum Gasteiger partial charge on any atom is 0.210 e. The van der Waals surface area contributed by atoms with Gasteiger partial charge in [-0.2, -0.15) is 5.26 Å². The molecule has 7 heteroatoms. The highest BCUT2D eigenvalue weighted by molar-refractivity contribution is 7.89. The summed E-state index contributed by atoms with van der Waals surface area (Å²) >= 11 is 0. The number of primary sulfonamides is 1. The van der Waals surface area contributed by atoms with Gasteiger partial charge in [-0.25, -0.2) is 18.5 Å². The molecule has 1 aromatic heterocycles. The molecule has 0 unspecified atom stereocenters. The summed E-state index contributed by atoms with van der Waals surface area (Å²) in [6, 6.07) is 5.07. The number of hydrogen-bond donors (Lipinski definition) is 2. The van der Waals surface area contributed by atoms with Crippen LogP contribution in [0.4, 0.5) is 5.69 Å². The van der Waals surface area contributed by atoms with Crippen molar-refractivity contribution >= 4 is 15.7 Å². The fourth-order valence-electron chi connectivity index (χ4n) is 0.902. The predicted octanol–water partition coefficient (Wildman–Crippen LogP) is -0.346. The Balaban J connectivity index is 2.49. The third-order valence-corrected chi connectivity index (χ3v) is 2.37. The summed E-state index contributed by atoms with van der Waals surface area (Å²) < 4.78 is 21.2. The molecule has 6 nitrogen and oxygen atoms in total. The lowest BCUT2D eigenvalue weighted by molar-refractivity contribution is 0.598. The zero-order valence-electron chi connectivity index (χ0n) is 7.84. The van der Waals surface area contributed by atoms with Gasteiger partial charge in [-0.05, 0) is 12.1 Å². The van der Waals surface area contributed by atoms with E-state index in [0.29, 0.717) is 11.4 Å². The van der Waals surface area contributed by atoms with Crippen molar-refractivity contribution in [2.45, 2.75) is 0 Å². The van der Waals surface area contributed by atoms with Gasteiger partial charge >= 0.3 is 0 Å². The SMILES string of the molecule is N#Cc1ccc(NCCS(N)(=O)=O)cn1. The summed E-state index contributed by atoms with van der Waals surface area (Å²) in [5, 5.41) is 16.1. The van der Waals surface area contributed by atoms with Crippen LogP contribution in [0, 0.1) is 11.3 Å². The Kier molecular flexibility index (Phi) is 3.60. The smallest absolute Gasteiger partial charge is 0.210 e. The molecule has 0 aliphatic heterocycles. The van der Waals surface area contributed by atoms with Crippen LogP contribution >= 0.6 is 0 Å². The number of anilines is 1. The molecule has 0 saturated heterocycles. The monoisotopic (exact) mass is 226 g/mol. The lowest BCUT2D eigenvalue weighted by Gasteiger charge is -2.03. The number of nitrogens with two attached hydrogens (primary N) is 1. The molecule has 0 aliphatic carbocycles. The average Bonchev–Trinajstić information content (AvgIpc) is 2.17. The predicted molar refractivity (Wildman–Crippen MR) is 55.4 cm³/mol. The minimum absolute atomic E-state index is 0.146. The van der Waals surface area contributed by atoms with Crippen molar-refractivity contribution in [2.24, 2.45) is 5.14 Å². The largest absolute Gasteiger partial charge is 0.383 e. The molecule has 15 heavy (non-hydrogen) atoms. The van der Waals surface area contributed by atoms with Crippen LogP contribution in [0.1, 0.15) is 5.69 Å². The second kappa shape index (κ2) is 4.72. The molecule has 0 atom stereocenters. The normalized spacial score (nSPS) is 10.7. The molecule has 1 heterocycles. The van der Waals surface area contributed by atoms with Crippen LogP contribution in [0.2, 0.25) is 0 Å². The van der Waals surface area contributed by atoms with E-state index in [4.69, 9.17) is 10.4 Å². The molecular weight excluding hydrogens is 216 g/mol. The van der Waals surface area contributed by atoms with Crippen LogP contribution in [0.5, 0.6) is 0 Å². The topological polar surface area (TPSA) is 109 Å². The van der Waals surface area contributed by atoms with Crippen molar-refractivity contribution in [3.63, 3.8) is 0 Å². The van der Waals surface area contributed by atoms with Gasteiger partial charge in [-0.3, -0.25) is 0 Å². The zero-order chi connectivity index (χ0) is 11.3. The number of nitrogens with zero attached hydrogens (tertiary/aromatic N) is 2. The van der Waals surface area contributed by atoms with Gasteiger partial charge in [-0.1, -0.05) is 0 Å². The summed E-state index contributed by atoms with van der Waals surface area (Å²) in [7, 11) is -3.44. The van der Waals surface area contributed by atoms with Gasteiger partial charge in [0.2, 0.25) is 10.0 Å². The highest BCUT2D eigenvalue weighted by Gasteiger charge is 2.01. The van der Waals surface area contributed by atoms with Gasteiger partial charge < -0.3 is 5.32 Å². The third-order valence-electron chi connectivity index (χ3n) is 1.59. The summed E-state index contributed by atoms with van der Waals surface area (Å²) in [4.78, 5) is 3.81. The molecule has 0 fully saturated rings. The third kappa shape index (κ3) is 4.39. The average molecular weight is 226 g/mol. The van der Waals surface area contributed by atoms with E-state index in [1.807, 2.05) is 6.07 Å². The Morgan fingerprint density at radius 3 is 2.73 bits per heavy atom. The number of sulfonamides is 1. The van der Waals surface area contributed by atoms with E-state index in [2.05, 4.69) is 10.3 Å². The standard InChI is InChI=1S/C8H10N4O2S/c9-5-7-1-2-8(6-12-7)11-3-4-15(10,13)14/h1-2,6,11H,3-4H2,(H2,10,13,14). The lowest BCUT2D eigenvalue weighted by Crippen LogP contribution is -2.22. The number of rotatable bonds is 4. The second-order valence-electron chi connectivity index (χ2n) is 2.84. The highest BCUT2D eigenvalue weighted by Crippen LogP contribution is 2.04. The van der Waals surface area contributed by atoms with E-state index in [1.54, 1.807) is 12.1 Å². The molecule has 0 bridgehead atoms. The first-order chi connectivity index (χ1) is 7.01. The number of hydrogen-bond acceptors (Lipinski definition) is 5. The first kappa shape index (κ1) is 11.4. The fourth-order valence-corrected chi connectivity index (χ4v) is 1.29. The van der Waals surface area contributed by atoms with E-state index in [-0.39, 0.29) is 12.3 Å². The fraction of sp³-hybridized carbons (Fsp3) is 0.250. The Morgan fingerprint density at radius 2 is 2.27 bits per heavy atom. The zero-order valence-corrected chi connectivity index (χ0v) is 8.66. The molecule has 0 radical (unpaired) electrons. The number of aromatic nitrogens is 1. The molecule has 1 aromatic rings. The molecule has 0 amide bonds. The lowest BCUT2D eigenvalue weighted by atomic mass is 10.3. The van der Waals surface area contributed by atoms with E-state index in [1.165, 1.54) is 6.20 Å². The van der Waals surface area contributed by atoms with E-state index < -0.39 is 10.0 Å². The summed E-state index contributed by atoms with van der Waals surface area (Å²) in [5.41, 5.74) is 0.963. The minimum Gasteiger partial charge on any atom is -0.383 e. The van der Waals surface area contributed by atoms with Crippen LogP contribution in [0.3, 0.4) is 0 Å². The Morgan fingerprint density at radius 1 is 1.53 bits per heavy atom. The molecule has 0 spiro atoms. The molecule has 3 N–H and O–H groups in total. The second-order valence-corrected chi connectivity index (χ2v) is 4.57. The van der Waals surface area contributed by atoms with Crippen molar-refractivity contribution in [1.82, 2.24) is 4.98 Å². The van der Waals surface area contributed by atoms with Crippen LogP contribution in [0.25, 0.3) is 0 Å². The molecule has 80 valence electrons. The van der Waals surface area contributed by atoms with Crippen LogP contribution in [0.15, 0.2) is 18.3 Å². The van der Waals surface area contributed by atoms with Crippen LogP contribution in [-0.2, 0) is 10.0 Å². The van der Waals surface area contributed by atoms with Gasteiger partial charge in [0, 0.05) is 6.54 Å². The minimum atomic E-state index is -3.44. The van der Waals surface area contributed by atoms with Crippen molar-refractivity contribution in [1.29, 1.82) is 5.26 Å². The Hall–Kier alpha value is -1.65. The molecular formula is C8H10N4O2S. The quantitative estimate of drug-likeness (QED) is 0.729. The first-order valence-corrected chi connectivity index (χ1v) is 5.83. The molecule has 1 rings (SSSR count). The van der Waals surface area contributed by atoms with E-state index in [0.717, 1.165) is 0 Å². The summed E-state index contributed by atoms with van der Waals surface area (Å²) in [6.07, 6.45) is 1.46. The van der Waals surface area contributed by atoms with Gasteiger partial charge in [0.25, 0.3) is 0 Å². The number of nitriles is 1. The maximum atomic E-state index is 10.6.